The highest BCUT2D eigenvalue weighted by molar-refractivity contribution is 5.35. The van der Waals surface area contributed by atoms with Gasteiger partial charge in [-0.25, -0.2) is 0 Å². The number of nitro benzene ring substituents is 1. The fourth-order valence-electron chi connectivity index (χ4n) is 2.17. The van der Waals surface area contributed by atoms with Gasteiger partial charge in [0, 0.05) is 24.7 Å². The van der Waals surface area contributed by atoms with Crippen molar-refractivity contribution in [2.75, 3.05) is 6.54 Å². The lowest BCUT2D eigenvalue weighted by atomic mass is 9.96. The zero-order chi connectivity index (χ0) is 15.2. The molecule has 1 aromatic carbocycles. The number of nitrogens with one attached hydrogen (secondary N) is 1. The second kappa shape index (κ2) is 7.36. The van der Waals surface area contributed by atoms with Gasteiger partial charge in [0.1, 0.15) is 0 Å². The summed E-state index contributed by atoms with van der Waals surface area (Å²) >= 11 is 0. The Morgan fingerprint density at radius 2 is 2.00 bits per heavy atom. The maximum absolute atomic E-state index is 10.8. The highest BCUT2D eigenvalue weighted by Crippen LogP contribution is 2.23. The van der Waals surface area contributed by atoms with Crippen LogP contribution in [-0.4, -0.2) is 22.2 Å². The molecule has 0 amide bonds. The van der Waals surface area contributed by atoms with Gasteiger partial charge < -0.3 is 10.4 Å². The molecule has 1 aromatic rings. The lowest BCUT2D eigenvalue weighted by molar-refractivity contribution is -0.384. The predicted octanol–water partition coefficient (Wildman–Crippen LogP) is 3.19. The Morgan fingerprint density at radius 3 is 2.50 bits per heavy atom. The maximum atomic E-state index is 10.8. The van der Waals surface area contributed by atoms with E-state index in [1.54, 1.807) is 12.1 Å². The van der Waals surface area contributed by atoms with Crippen molar-refractivity contribution in [1.29, 1.82) is 0 Å². The minimum absolute atomic E-state index is 0.0134. The van der Waals surface area contributed by atoms with Crippen LogP contribution in [0.25, 0.3) is 0 Å². The molecule has 0 saturated carbocycles. The minimum Gasteiger partial charge on any atom is -0.389 e. The van der Waals surface area contributed by atoms with Crippen LogP contribution >= 0.6 is 0 Å². The first-order chi connectivity index (χ1) is 9.45. The summed E-state index contributed by atoms with van der Waals surface area (Å²) in [6.07, 6.45) is 2.18. The number of rotatable bonds is 8. The highest BCUT2D eigenvalue weighted by atomic mass is 16.6. The Morgan fingerprint density at radius 1 is 1.35 bits per heavy atom. The number of non-ortho nitro benzene ring substituents is 1. The maximum Gasteiger partial charge on any atom is 0.269 e. The third-order valence-electron chi connectivity index (χ3n) is 3.89. The van der Waals surface area contributed by atoms with Crippen LogP contribution in [0.15, 0.2) is 24.3 Å². The molecule has 5 nitrogen and oxygen atoms in total. The molecule has 112 valence electrons. The van der Waals surface area contributed by atoms with Gasteiger partial charge in [-0.3, -0.25) is 10.1 Å². The van der Waals surface area contributed by atoms with Gasteiger partial charge in [-0.1, -0.05) is 32.9 Å². The number of benzene rings is 1. The third kappa shape index (κ3) is 4.28. The van der Waals surface area contributed by atoms with Crippen molar-refractivity contribution in [2.45, 2.75) is 51.7 Å². The van der Waals surface area contributed by atoms with E-state index in [9.17, 15) is 15.2 Å². The molecule has 0 aromatic heterocycles. The first-order valence-corrected chi connectivity index (χ1v) is 7.15. The Hall–Kier alpha value is -1.46. The summed E-state index contributed by atoms with van der Waals surface area (Å²) in [6, 6.07) is 6.68. The van der Waals surface area contributed by atoms with Crippen molar-refractivity contribution >= 4 is 5.69 Å². The molecule has 5 heteroatoms. The van der Waals surface area contributed by atoms with Crippen molar-refractivity contribution in [3.8, 4) is 0 Å². The molecule has 0 radical (unpaired) electrons. The summed E-state index contributed by atoms with van der Waals surface area (Å²) in [6.45, 7) is 6.42. The second-order valence-electron chi connectivity index (χ2n) is 5.13. The summed E-state index contributed by atoms with van der Waals surface area (Å²) in [5, 5.41) is 24.4. The Balaban J connectivity index is 2.81. The van der Waals surface area contributed by atoms with Gasteiger partial charge in [0.15, 0.2) is 0 Å². The van der Waals surface area contributed by atoms with Gasteiger partial charge in [-0.2, -0.15) is 0 Å². The van der Waals surface area contributed by atoms with E-state index in [2.05, 4.69) is 5.32 Å². The number of hydrogen-bond donors (Lipinski definition) is 2. The third-order valence-corrected chi connectivity index (χ3v) is 3.89. The van der Waals surface area contributed by atoms with E-state index in [1.165, 1.54) is 6.07 Å². The summed E-state index contributed by atoms with van der Waals surface area (Å²) < 4.78 is 0. The zero-order valence-electron chi connectivity index (χ0n) is 12.4. The molecule has 0 fully saturated rings. The lowest BCUT2D eigenvalue weighted by Gasteiger charge is -2.28. The van der Waals surface area contributed by atoms with Gasteiger partial charge in [0.05, 0.1) is 10.5 Å². The van der Waals surface area contributed by atoms with Crippen molar-refractivity contribution in [2.24, 2.45) is 0 Å². The molecular weight excluding hydrogens is 256 g/mol. The number of nitro groups is 1. The van der Waals surface area contributed by atoms with E-state index < -0.39 is 5.60 Å². The van der Waals surface area contributed by atoms with Crippen molar-refractivity contribution < 1.29 is 10.0 Å². The van der Waals surface area contributed by atoms with Gasteiger partial charge in [0.25, 0.3) is 5.69 Å². The Bertz CT molecular complexity index is 444. The van der Waals surface area contributed by atoms with Crippen LogP contribution < -0.4 is 5.32 Å². The van der Waals surface area contributed by atoms with Crippen LogP contribution in [0, 0.1) is 10.1 Å². The van der Waals surface area contributed by atoms with E-state index in [1.807, 2.05) is 26.8 Å². The molecular formula is C15H24N2O3. The minimum atomic E-state index is -0.714. The lowest BCUT2D eigenvalue weighted by Crippen LogP contribution is -2.40. The molecule has 0 spiro atoms. The summed E-state index contributed by atoms with van der Waals surface area (Å²) in [7, 11) is 0. The summed E-state index contributed by atoms with van der Waals surface area (Å²) in [4.78, 5) is 10.4. The number of nitrogens with zero attached hydrogens (tertiary/aromatic N) is 1. The van der Waals surface area contributed by atoms with E-state index >= 15 is 0 Å². The Labute approximate surface area is 120 Å². The van der Waals surface area contributed by atoms with Gasteiger partial charge >= 0.3 is 0 Å². The van der Waals surface area contributed by atoms with E-state index in [0.29, 0.717) is 19.4 Å². The quantitative estimate of drug-likeness (QED) is 0.566. The zero-order valence-corrected chi connectivity index (χ0v) is 12.4. The standard InChI is InChI=1S/C15H24N2O3/c1-4-14(16-11-15(18,5-2)6-3)12-8-7-9-13(10-12)17(19)20/h7-10,14,16,18H,4-6,11H2,1-3H3. The molecule has 20 heavy (non-hydrogen) atoms. The largest absolute Gasteiger partial charge is 0.389 e. The molecule has 2 N–H and O–H groups in total. The monoisotopic (exact) mass is 280 g/mol. The average molecular weight is 280 g/mol. The molecule has 0 aliphatic heterocycles. The van der Waals surface area contributed by atoms with Crippen LogP contribution in [0.4, 0.5) is 5.69 Å². The topological polar surface area (TPSA) is 75.4 Å². The molecule has 1 unspecified atom stereocenters. The predicted molar refractivity (Wildman–Crippen MR) is 79.7 cm³/mol. The van der Waals surface area contributed by atoms with Crippen LogP contribution in [-0.2, 0) is 0 Å². The van der Waals surface area contributed by atoms with Gasteiger partial charge in [-0.15, -0.1) is 0 Å². The van der Waals surface area contributed by atoms with Crippen LogP contribution in [0.1, 0.15) is 51.6 Å². The molecule has 0 saturated heterocycles. The highest BCUT2D eigenvalue weighted by Gasteiger charge is 2.23. The fraction of sp³-hybridized carbons (Fsp3) is 0.600. The van der Waals surface area contributed by atoms with Crippen molar-refractivity contribution in [3.63, 3.8) is 0 Å². The normalized spacial score (nSPS) is 13.2. The number of hydrogen-bond acceptors (Lipinski definition) is 4. The number of aliphatic hydroxyl groups is 1. The molecule has 1 rings (SSSR count). The van der Waals surface area contributed by atoms with E-state index in [4.69, 9.17) is 0 Å². The van der Waals surface area contributed by atoms with Crippen LogP contribution in [0.2, 0.25) is 0 Å². The molecule has 0 aliphatic rings. The van der Waals surface area contributed by atoms with Crippen LogP contribution in [0.3, 0.4) is 0 Å². The fourth-order valence-corrected chi connectivity index (χ4v) is 2.17. The summed E-state index contributed by atoms with van der Waals surface area (Å²) in [5.41, 5.74) is 0.272. The smallest absolute Gasteiger partial charge is 0.269 e. The summed E-state index contributed by atoms with van der Waals surface area (Å²) in [5.74, 6) is 0. The van der Waals surface area contributed by atoms with Crippen molar-refractivity contribution in [3.05, 3.63) is 39.9 Å². The molecule has 0 aliphatic carbocycles. The Kier molecular flexibility index (Phi) is 6.10. The van der Waals surface area contributed by atoms with E-state index in [-0.39, 0.29) is 16.7 Å². The SMILES string of the molecule is CCC(NCC(O)(CC)CC)c1cccc([N+](=O)[O-])c1. The molecule has 0 heterocycles. The average Bonchev–Trinajstić information content (AvgIpc) is 2.48. The molecule has 0 bridgehead atoms. The van der Waals surface area contributed by atoms with Crippen molar-refractivity contribution in [1.82, 2.24) is 5.32 Å². The first kappa shape index (κ1) is 16.6. The molecule has 1 atom stereocenters. The van der Waals surface area contributed by atoms with Gasteiger partial charge in [0.2, 0.25) is 0 Å². The van der Waals surface area contributed by atoms with E-state index in [0.717, 1.165) is 12.0 Å². The first-order valence-electron chi connectivity index (χ1n) is 7.15. The van der Waals surface area contributed by atoms with Gasteiger partial charge in [-0.05, 0) is 24.8 Å². The van der Waals surface area contributed by atoms with Crippen LogP contribution in [0.5, 0.6) is 0 Å². The second-order valence-corrected chi connectivity index (χ2v) is 5.13.